The van der Waals surface area contributed by atoms with E-state index in [1.54, 1.807) is 20.8 Å². The summed E-state index contributed by atoms with van der Waals surface area (Å²) in [5, 5.41) is -0.484. The molecule has 2 rings (SSSR count). The van der Waals surface area contributed by atoms with E-state index in [0.29, 0.717) is 51.8 Å². The Labute approximate surface area is 320 Å². The second-order valence-electron chi connectivity index (χ2n) is 12.7. The van der Waals surface area contributed by atoms with Crippen molar-refractivity contribution in [2.45, 2.75) is 63.7 Å². The highest BCUT2D eigenvalue weighted by Crippen LogP contribution is 2.47. The Kier molecular flexibility index (Phi) is 23.7. The van der Waals surface area contributed by atoms with Gasteiger partial charge in [-0.15, -0.1) is 11.8 Å². The number of thioether (sulfide) groups is 1. The SMILES string of the molecule is CC(C)(C)OP(=O)(O)OCCOCCOCCOCCOCCOCCOP(=O)(O)OCCCCCCSC1CC(=O)N(CCN2C(=O)C=CC2=O)C1=O. The van der Waals surface area contributed by atoms with Crippen LogP contribution in [0.1, 0.15) is 52.9 Å². The second kappa shape index (κ2) is 26.3. The number of phosphoric acid groups is 2. The Bertz CT molecular complexity index is 1270. The summed E-state index contributed by atoms with van der Waals surface area (Å²) in [4.78, 5) is 69.8. The summed E-state index contributed by atoms with van der Waals surface area (Å²) in [7, 11) is -8.32. The van der Waals surface area contributed by atoms with Crippen molar-refractivity contribution < 1.29 is 79.9 Å². The van der Waals surface area contributed by atoms with Gasteiger partial charge >= 0.3 is 15.6 Å². The first kappa shape index (κ1) is 48.5. The highest BCUT2D eigenvalue weighted by Gasteiger charge is 2.39. The van der Waals surface area contributed by atoms with E-state index in [-0.39, 0.29) is 77.6 Å². The number of imide groups is 2. The first-order valence-corrected chi connectivity index (χ1v) is 21.8. The lowest BCUT2D eigenvalue weighted by Crippen LogP contribution is -2.41. The quantitative estimate of drug-likeness (QED) is 0.0549. The number of nitrogens with zero attached hydrogens (tertiary/aromatic N) is 2. The third-order valence-corrected chi connectivity index (χ3v) is 10.7. The third-order valence-electron chi connectivity index (χ3n) is 7.10. The fraction of sp³-hybridized carbons (Fsp3) is 0.812. The maximum Gasteiger partial charge on any atom is 0.472 e. The van der Waals surface area contributed by atoms with Crippen LogP contribution in [0, 0.1) is 0 Å². The van der Waals surface area contributed by atoms with E-state index in [0.717, 1.165) is 41.2 Å². The molecule has 0 saturated carbocycles. The molecule has 3 atom stereocenters. The summed E-state index contributed by atoms with van der Waals surface area (Å²) < 4.78 is 70.2. The van der Waals surface area contributed by atoms with Crippen molar-refractivity contribution in [3.05, 3.63) is 12.2 Å². The molecule has 0 bridgehead atoms. The molecule has 22 heteroatoms. The molecule has 1 fully saturated rings. The van der Waals surface area contributed by atoms with Gasteiger partial charge in [-0.1, -0.05) is 12.8 Å². The average Bonchev–Trinajstić information content (AvgIpc) is 3.55. The van der Waals surface area contributed by atoms with Crippen molar-refractivity contribution in [3.63, 3.8) is 0 Å². The molecule has 2 heterocycles. The summed E-state index contributed by atoms with van der Waals surface area (Å²) >= 11 is 1.40. The zero-order valence-electron chi connectivity index (χ0n) is 31.3. The number of unbranched alkanes of at least 4 members (excludes halogenated alkanes) is 3. The molecular formula is C32H56N2O17P2S. The van der Waals surface area contributed by atoms with E-state index >= 15 is 0 Å². The van der Waals surface area contributed by atoms with E-state index in [4.69, 9.17) is 41.8 Å². The van der Waals surface area contributed by atoms with Crippen molar-refractivity contribution in [1.29, 1.82) is 0 Å². The minimum Gasteiger partial charge on any atom is -0.377 e. The van der Waals surface area contributed by atoms with Gasteiger partial charge in [-0.3, -0.25) is 47.1 Å². The predicted molar refractivity (Wildman–Crippen MR) is 194 cm³/mol. The Hall–Kier alpha value is -1.61. The Balaban J connectivity index is 1.31. The van der Waals surface area contributed by atoms with Crippen LogP contribution in [0.2, 0.25) is 0 Å². The summed E-state index contributed by atoms with van der Waals surface area (Å²) in [5.41, 5.74) is -0.802. The van der Waals surface area contributed by atoms with E-state index in [1.165, 1.54) is 11.8 Å². The molecule has 3 unspecified atom stereocenters. The van der Waals surface area contributed by atoms with Gasteiger partial charge in [0.15, 0.2) is 0 Å². The lowest BCUT2D eigenvalue weighted by Gasteiger charge is -2.22. The van der Waals surface area contributed by atoms with Crippen molar-refractivity contribution >= 4 is 51.0 Å². The van der Waals surface area contributed by atoms with E-state index < -0.39 is 38.3 Å². The van der Waals surface area contributed by atoms with Gasteiger partial charge in [-0.05, 0) is 39.4 Å². The summed E-state index contributed by atoms with van der Waals surface area (Å²) in [6, 6.07) is 0. The second-order valence-corrected chi connectivity index (χ2v) is 16.9. The Morgan fingerprint density at radius 3 is 1.56 bits per heavy atom. The molecule has 312 valence electrons. The van der Waals surface area contributed by atoms with Crippen molar-refractivity contribution in [2.24, 2.45) is 0 Å². The molecule has 0 aromatic carbocycles. The number of rotatable bonds is 33. The lowest BCUT2D eigenvalue weighted by atomic mass is 10.2. The summed E-state index contributed by atoms with van der Waals surface area (Å²) in [6.07, 6.45) is 5.27. The van der Waals surface area contributed by atoms with Crippen LogP contribution < -0.4 is 0 Å². The molecule has 0 radical (unpaired) electrons. The average molecular weight is 835 g/mol. The molecule has 0 aliphatic carbocycles. The maximum atomic E-state index is 12.6. The number of hydrogen-bond acceptors (Lipinski definition) is 16. The minimum atomic E-state index is -4.20. The highest BCUT2D eigenvalue weighted by molar-refractivity contribution is 8.00. The number of likely N-dealkylation sites (tertiary alicyclic amines) is 1. The van der Waals surface area contributed by atoms with Gasteiger partial charge in [-0.25, -0.2) is 9.13 Å². The van der Waals surface area contributed by atoms with E-state index in [9.17, 15) is 38.1 Å². The predicted octanol–water partition coefficient (Wildman–Crippen LogP) is 2.48. The molecule has 1 saturated heterocycles. The van der Waals surface area contributed by atoms with Gasteiger partial charge in [-0.2, -0.15) is 0 Å². The van der Waals surface area contributed by atoms with Crippen LogP contribution in [-0.4, -0.2) is 159 Å². The van der Waals surface area contributed by atoms with Gasteiger partial charge in [0, 0.05) is 31.7 Å². The van der Waals surface area contributed by atoms with Gasteiger partial charge in [0.2, 0.25) is 11.8 Å². The van der Waals surface area contributed by atoms with Gasteiger partial charge in [0.1, 0.15) is 0 Å². The Morgan fingerprint density at radius 2 is 1.06 bits per heavy atom. The van der Waals surface area contributed by atoms with Gasteiger partial charge in [0.05, 0.1) is 96.7 Å². The normalized spacial score (nSPS) is 18.6. The zero-order valence-corrected chi connectivity index (χ0v) is 33.9. The fourth-order valence-corrected chi connectivity index (χ4v) is 7.62. The highest BCUT2D eigenvalue weighted by atomic mass is 32.2. The molecule has 2 aliphatic rings. The topological polar surface area (TPSA) is 232 Å². The fourth-order valence-electron chi connectivity index (χ4n) is 4.65. The standard InChI is InChI=1S/C32H56N2O17P2S/c1-32(2,3)51-53(41,42)50-24-22-47-20-18-45-16-14-43-13-15-44-17-19-46-21-23-49-52(39,40)48-12-6-4-5-7-25-54-27-26-30(37)34(31(27)38)11-10-33-28(35)8-9-29(33)36/h8-9,27H,4-7,10-26H2,1-3H3,(H,39,40)(H,41,42). The largest absolute Gasteiger partial charge is 0.472 e. The number of phosphoric ester groups is 2. The molecule has 0 spiro atoms. The van der Waals surface area contributed by atoms with E-state index in [2.05, 4.69) is 0 Å². The number of hydrogen-bond donors (Lipinski definition) is 2. The zero-order chi connectivity index (χ0) is 39.9. The van der Waals surface area contributed by atoms with Crippen LogP contribution in [0.4, 0.5) is 0 Å². The maximum absolute atomic E-state index is 12.6. The van der Waals surface area contributed by atoms with E-state index in [1.807, 2.05) is 0 Å². The summed E-state index contributed by atoms with van der Waals surface area (Å²) in [5.74, 6) is -0.874. The molecule has 0 aromatic rings. The third kappa shape index (κ3) is 22.2. The number of amides is 4. The number of ether oxygens (including phenoxy) is 5. The van der Waals surface area contributed by atoms with Gasteiger partial charge < -0.3 is 33.5 Å². The molecule has 54 heavy (non-hydrogen) atoms. The first-order valence-electron chi connectivity index (χ1n) is 17.8. The smallest absolute Gasteiger partial charge is 0.377 e. The van der Waals surface area contributed by atoms with Crippen LogP contribution in [0.15, 0.2) is 12.2 Å². The van der Waals surface area contributed by atoms with Crippen LogP contribution in [0.25, 0.3) is 0 Å². The number of carbonyl (C=O) groups excluding carboxylic acids is 4. The minimum absolute atomic E-state index is 0.0135. The van der Waals surface area contributed by atoms with Crippen LogP contribution in [-0.2, 0) is 70.1 Å². The van der Waals surface area contributed by atoms with Crippen LogP contribution in [0.5, 0.6) is 0 Å². The first-order chi connectivity index (χ1) is 25.6. The molecule has 4 amide bonds. The Morgan fingerprint density at radius 1 is 0.630 bits per heavy atom. The van der Waals surface area contributed by atoms with Crippen LogP contribution in [0.3, 0.4) is 0 Å². The molecule has 19 nitrogen and oxygen atoms in total. The molecule has 2 aliphatic heterocycles. The monoisotopic (exact) mass is 834 g/mol. The molecule has 0 aromatic heterocycles. The lowest BCUT2D eigenvalue weighted by molar-refractivity contribution is -0.142. The van der Waals surface area contributed by atoms with Crippen molar-refractivity contribution in [3.8, 4) is 0 Å². The van der Waals surface area contributed by atoms with Crippen molar-refractivity contribution in [2.75, 3.05) is 105 Å². The summed E-state index contributed by atoms with van der Waals surface area (Å²) in [6.45, 7) is 7.54. The number of carbonyl (C=O) groups is 4. The molecule has 2 N–H and O–H groups in total. The van der Waals surface area contributed by atoms with Crippen molar-refractivity contribution in [1.82, 2.24) is 9.80 Å². The van der Waals surface area contributed by atoms with Crippen LogP contribution >= 0.6 is 27.4 Å². The van der Waals surface area contributed by atoms with Gasteiger partial charge in [0.25, 0.3) is 11.8 Å². The molecular weight excluding hydrogens is 778 g/mol.